The Bertz CT molecular complexity index is 776. The minimum atomic E-state index is 0.457. The number of benzene rings is 1. The first-order valence-electron chi connectivity index (χ1n) is 9.07. The van der Waals surface area contributed by atoms with Gasteiger partial charge in [0.05, 0.1) is 6.54 Å². The monoisotopic (exact) mass is 370 g/mol. The third-order valence-electron chi connectivity index (χ3n) is 4.21. The number of hydrogen-bond donors (Lipinski definition) is 1. The van der Waals surface area contributed by atoms with E-state index in [9.17, 15) is 0 Å². The van der Waals surface area contributed by atoms with Gasteiger partial charge in [0.1, 0.15) is 24.7 Å². The summed E-state index contributed by atoms with van der Waals surface area (Å²) in [6, 6.07) is 6.24. The molecule has 0 unspecified atom stereocenters. The number of aromatic nitrogens is 3. The molecule has 7 heteroatoms. The summed E-state index contributed by atoms with van der Waals surface area (Å²) in [5.41, 5.74) is 2.40. The minimum absolute atomic E-state index is 0.457. The Balaban J connectivity index is 1.96. The molecule has 7 nitrogen and oxygen atoms in total. The lowest BCUT2D eigenvalue weighted by atomic mass is 10.1. The van der Waals surface area contributed by atoms with Crippen molar-refractivity contribution in [3.63, 3.8) is 0 Å². The van der Waals surface area contributed by atoms with Crippen molar-refractivity contribution in [3.8, 4) is 5.75 Å². The molecule has 1 aromatic heterocycles. The van der Waals surface area contributed by atoms with Gasteiger partial charge in [-0.1, -0.05) is 12.1 Å². The van der Waals surface area contributed by atoms with Crippen LogP contribution in [0.2, 0.25) is 0 Å². The second kappa shape index (κ2) is 9.75. The molecule has 27 heavy (non-hydrogen) atoms. The van der Waals surface area contributed by atoms with Crippen LogP contribution < -0.4 is 10.1 Å². The van der Waals surface area contributed by atoms with Crippen LogP contribution in [0.15, 0.2) is 35.8 Å². The number of guanidine groups is 1. The maximum absolute atomic E-state index is 5.91. The van der Waals surface area contributed by atoms with Crippen LogP contribution in [0.1, 0.15) is 22.8 Å². The highest BCUT2D eigenvalue weighted by atomic mass is 16.5. The van der Waals surface area contributed by atoms with E-state index >= 15 is 0 Å². The number of likely N-dealkylation sites (N-methyl/N-ethyl adjacent to an activating group) is 1. The van der Waals surface area contributed by atoms with Crippen molar-refractivity contribution in [2.45, 2.75) is 27.3 Å². The largest absolute Gasteiger partial charge is 0.492 e. The minimum Gasteiger partial charge on any atom is -0.492 e. The van der Waals surface area contributed by atoms with Crippen molar-refractivity contribution in [3.05, 3.63) is 53.6 Å². The smallest absolute Gasteiger partial charge is 0.194 e. The van der Waals surface area contributed by atoms with Gasteiger partial charge in [0.25, 0.3) is 0 Å². The summed E-state index contributed by atoms with van der Waals surface area (Å²) in [6.45, 7) is 12.2. The third kappa shape index (κ3) is 6.13. The third-order valence-corrected chi connectivity index (χ3v) is 4.21. The van der Waals surface area contributed by atoms with E-state index in [4.69, 9.17) is 4.74 Å². The Morgan fingerprint density at radius 3 is 2.56 bits per heavy atom. The van der Waals surface area contributed by atoms with Gasteiger partial charge in [0.2, 0.25) is 0 Å². The number of aliphatic imine (C=N–C) groups is 1. The SMILES string of the molecule is C=CCNC(=NCc1nnc(C)n1C)N(C)CCOc1cc(C)cc(C)c1. The van der Waals surface area contributed by atoms with Gasteiger partial charge in [-0.15, -0.1) is 16.8 Å². The summed E-state index contributed by atoms with van der Waals surface area (Å²) in [5.74, 6) is 3.37. The maximum Gasteiger partial charge on any atom is 0.194 e. The highest BCUT2D eigenvalue weighted by molar-refractivity contribution is 5.79. The molecular formula is C20H30N6O. The van der Waals surface area contributed by atoms with Crippen LogP contribution in [0.3, 0.4) is 0 Å². The highest BCUT2D eigenvalue weighted by Gasteiger charge is 2.09. The Labute approximate surface area is 161 Å². The number of nitrogens with zero attached hydrogens (tertiary/aromatic N) is 5. The zero-order chi connectivity index (χ0) is 19.8. The fourth-order valence-corrected chi connectivity index (χ4v) is 2.63. The quantitative estimate of drug-likeness (QED) is 0.439. The second-order valence-corrected chi connectivity index (χ2v) is 6.63. The molecule has 146 valence electrons. The summed E-state index contributed by atoms with van der Waals surface area (Å²) in [7, 11) is 3.93. The van der Waals surface area contributed by atoms with Crippen LogP contribution in [0.25, 0.3) is 0 Å². The molecule has 2 aromatic rings. The van der Waals surface area contributed by atoms with Crippen molar-refractivity contribution in [2.24, 2.45) is 12.0 Å². The van der Waals surface area contributed by atoms with E-state index in [1.165, 1.54) is 11.1 Å². The first-order valence-corrected chi connectivity index (χ1v) is 9.07. The Kier molecular flexibility index (Phi) is 7.40. The van der Waals surface area contributed by atoms with Crippen LogP contribution in [0.5, 0.6) is 5.75 Å². The molecule has 1 N–H and O–H groups in total. The topological polar surface area (TPSA) is 67.6 Å². The van der Waals surface area contributed by atoms with Crippen molar-refractivity contribution in [1.82, 2.24) is 25.0 Å². The van der Waals surface area contributed by atoms with Crippen LogP contribution in [0, 0.1) is 20.8 Å². The standard InChI is InChI=1S/C20H30N6O/c1-7-8-21-20(22-14-19-24-23-17(4)26(19)6)25(5)9-10-27-18-12-15(2)11-16(3)13-18/h7,11-13H,1,8-10,14H2,2-6H3,(H,21,22). The summed E-state index contributed by atoms with van der Waals surface area (Å²) in [6.07, 6.45) is 1.81. The van der Waals surface area contributed by atoms with Crippen molar-refractivity contribution in [2.75, 3.05) is 26.7 Å². The summed E-state index contributed by atoms with van der Waals surface area (Å²) in [5, 5.41) is 11.5. The molecule has 0 aliphatic carbocycles. The van der Waals surface area contributed by atoms with Gasteiger partial charge < -0.3 is 19.5 Å². The van der Waals surface area contributed by atoms with Gasteiger partial charge in [0, 0.05) is 20.6 Å². The zero-order valence-corrected chi connectivity index (χ0v) is 17.0. The molecule has 0 radical (unpaired) electrons. The van der Waals surface area contributed by atoms with Gasteiger partial charge in [-0.05, 0) is 44.0 Å². The van der Waals surface area contributed by atoms with Gasteiger partial charge in [-0.2, -0.15) is 0 Å². The predicted molar refractivity (Wildman–Crippen MR) is 109 cm³/mol. The van der Waals surface area contributed by atoms with Crippen LogP contribution in [-0.2, 0) is 13.6 Å². The Morgan fingerprint density at radius 2 is 1.96 bits per heavy atom. The average Bonchev–Trinajstić information content (AvgIpc) is 2.93. The lowest BCUT2D eigenvalue weighted by molar-refractivity contribution is 0.281. The van der Waals surface area contributed by atoms with E-state index < -0.39 is 0 Å². The predicted octanol–water partition coefficient (Wildman–Crippen LogP) is 2.38. The van der Waals surface area contributed by atoms with Crippen molar-refractivity contribution in [1.29, 1.82) is 0 Å². The molecule has 0 aliphatic rings. The lowest BCUT2D eigenvalue weighted by Crippen LogP contribution is -2.41. The second-order valence-electron chi connectivity index (χ2n) is 6.63. The fraction of sp³-hybridized carbons (Fsp3) is 0.450. The molecule has 0 saturated carbocycles. The Morgan fingerprint density at radius 1 is 1.26 bits per heavy atom. The van der Waals surface area contributed by atoms with Crippen molar-refractivity contribution < 1.29 is 4.74 Å². The molecular weight excluding hydrogens is 340 g/mol. The Hall–Kier alpha value is -2.83. The van der Waals surface area contributed by atoms with E-state index in [1.54, 1.807) is 0 Å². The van der Waals surface area contributed by atoms with Crippen LogP contribution in [-0.4, -0.2) is 52.4 Å². The van der Waals surface area contributed by atoms with Crippen molar-refractivity contribution >= 4 is 5.96 Å². The van der Waals surface area contributed by atoms with E-state index in [2.05, 4.69) is 47.0 Å². The van der Waals surface area contributed by atoms with Gasteiger partial charge in [-0.3, -0.25) is 0 Å². The fourth-order valence-electron chi connectivity index (χ4n) is 2.63. The number of nitrogens with one attached hydrogen (secondary N) is 1. The first-order chi connectivity index (χ1) is 12.9. The maximum atomic E-state index is 5.91. The summed E-state index contributed by atoms with van der Waals surface area (Å²) >= 11 is 0. The molecule has 0 atom stereocenters. The number of ether oxygens (including phenoxy) is 1. The van der Waals surface area contributed by atoms with E-state index in [0.717, 1.165) is 23.4 Å². The van der Waals surface area contributed by atoms with E-state index in [1.807, 2.05) is 48.7 Å². The molecule has 2 rings (SSSR count). The molecule has 1 aromatic carbocycles. The van der Waals surface area contributed by atoms with Crippen LogP contribution in [0.4, 0.5) is 0 Å². The highest BCUT2D eigenvalue weighted by Crippen LogP contribution is 2.16. The lowest BCUT2D eigenvalue weighted by Gasteiger charge is -2.22. The van der Waals surface area contributed by atoms with Gasteiger partial charge in [0.15, 0.2) is 11.8 Å². The number of rotatable bonds is 8. The first kappa shape index (κ1) is 20.5. The zero-order valence-electron chi connectivity index (χ0n) is 17.0. The molecule has 0 aliphatic heterocycles. The summed E-state index contributed by atoms with van der Waals surface area (Å²) in [4.78, 5) is 6.70. The number of aryl methyl sites for hydroxylation is 3. The molecule has 0 saturated heterocycles. The van der Waals surface area contributed by atoms with E-state index in [0.29, 0.717) is 26.2 Å². The number of hydrogen-bond acceptors (Lipinski definition) is 4. The van der Waals surface area contributed by atoms with E-state index in [-0.39, 0.29) is 0 Å². The molecule has 0 spiro atoms. The summed E-state index contributed by atoms with van der Waals surface area (Å²) < 4.78 is 7.85. The molecule has 0 amide bonds. The van der Waals surface area contributed by atoms with Crippen LogP contribution >= 0.6 is 0 Å². The normalized spacial score (nSPS) is 11.4. The van der Waals surface area contributed by atoms with Gasteiger partial charge in [-0.25, -0.2) is 4.99 Å². The van der Waals surface area contributed by atoms with Gasteiger partial charge >= 0.3 is 0 Å². The molecule has 0 bridgehead atoms. The molecule has 1 heterocycles. The molecule has 0 fully saturated rings. The average molecular weight is 371 g/mol.